The number of aromatic nitrogens is 6. The summed E-state index contributed by atoms with van der Waals surface area (Å²) in [6.07, 6.45) is 3.78. The van der Waals surface area contributed by atoms with Crippen LogP contribution in [0.25, 0.3) is 49.4 Å². The highest BCUT2D eigenvalue weighted by atomic mass is 32.1. The molecule has 0 unspecified atom stereocenters. The van der Waals surface area contributed by atoms with Crippen molar-refractivity contribution >= 4 is 34.1 Å². The van der Waals surface area contributed by atoms with Crippen LogP contribution in [0, 0.1) is 19.3 Å². The topological polar surface area (TPSA) is 81.8 Å². The lowest BCUT2D eigenvalue weighted by molar-refractivity contribution is 0.0995. The molecule has 8 nitrogen and oxygen atoms in total. The van der Waals surface area contributed by atoms with Crippen LogP contribution < -0.4 is 0 Å². The van der Waals surface area contributed by atoms with Gasteiger partial charge in [0.1, 0.15) is 27.9 Å². The van der Waals surface area contributed by atoms with E-state index in [2.05, 4.69) is 14.8 Å². The van der Waals surface area contributed by atoms with Gasteiger partial charge in [0.2, 0.25) is 0 Å². The first kappa shape index (κ1) is 25.4. The van der Waals surface area contributed by atoms with Gasteiger partial charge in [-0.15, -0.1) is 11.3 Å². The van der Waals surface area contributed by atoms with Gasteiger partial charge in [0.25, 0.3) is 0 Å². The Bertz CT molecular complexity index is 2170. The van der Waals surface area contributed by atoms with E-state index in [1.807, 2.05) is 60.0 Å². The van der Waals surface area contributed by atoms with Crippen molar-refractivity contribution in [3.05, 3.63) is 125 Å². The third kappa shape index (κ3) is 4.52. The lowest BCUT2D eigenvalue weighted by atomic mass is 10.1. The smallest absolute Gasteiger partial charge is 0.187 e. The van der Waals surface area contributed by atoms with Crippen LogP contribution in [0.1, 0.15) is 21.1 Å². The van der Waals surface area contributed by atoms with Crippen molar-refractivity contribution < 1.29 is 9.18 Å². The summed E-state index contributed by atoms with van der Waals surface area (Å²) >= 11 is 1.34. The molecule has 0 aliphatic heterocycles. The molecule has 5 aromatic heterocycles. The Morgan fingerprint density at radius 1 is 0.929 bits per heavy atom. The van der Waals surface area contributed by atoms with E-state index >= 15 is 0 Å². The van der Waals surface area contributed by atoms with Crippen LogP contribution in [-0.4, -0.2) is 34.7 Å². The van der Waals surface area contributed by atoms with Crippen LogP contribution in [-0.2, 0) is 6.42 Å². The summed E-state index contributed by atoms with van der Waals surface area (Å²) in [5.41, 5.74) is 6.92. The van der Waals surface area contributed by atoms with E-state index in [9.17, 15) is 9.18 Å². The lowest BCUT2D eigenvalue weighted by Crippen LogP contribution is -2.03. The number of Topliss-reactive ketones (excluding diaryl/α,β-unsaturated/α-hetero) is 1. The summed E-state index contributed by atoms with van der Waals surface area (Å²) in [6.45, 7) is 8.96. The normalized spacial score (nSPS) is 11.3. The molecule has 0 aliphatic carbocycles. The summed E-state index contributed by atoms with van der Waals surface area (Å²) in [7, 11) is 0. The maximum absolute atomic E-state index is 13.6. The number of imidazole rings is 2. The number of fused-ring (bicyclic) bond motifs is 2. The number of hydrogen-bond donors (Lipinski definition) is 0. The van der Waals surface area contributed by atoms with Crippen LogP contribution >= 0.6 is 11.3 Å². The molecule has 0 saturated heterocycles. The molecule has 7 aromatic rings. The van der Waals surface area contributed by atoms with Crippen LogP contribution in [0.4, 0.5) is 10.1 Å². The van der Waals surface area contributed by atoms with Crippen molar-refractivity contribution in [1.82, 2.24) is 29.0 Å². The Kier molecular flexibility index (Phi) is 6.14. The van der Waals surface area contributed by atoms with Gasteiger partial charge < -0.3 is 0 Å². The molecule has 0 spiro atoms. The second kappa shape index (κ2) is 10.1. The van der Waals surface area contributed by atoms with E-state index in [0.29, 0.717) is 39.0 Å². The Morgan fingerprint density at radius 2 is 1.71 bits per heavy atom. The zero-order chi connectivity index (χ0) is 28.8. The zero-order valence-corrected chi connectivity index (χ0v) is 23.0. The first-order valence-corrected chi connectivity index (χ1v) is 13.9. The fourth-order valence-electron chi connectivity index (χ4n) is 4.89. The first-order chi connectivity index (χ1) is 20.5. The molecule has 0 radical (unpaired) electrons. The summed E-state index contributed by atoms with van der Waals surface area (Å²) in [6, 6.07) is 22.9. The number of thiazole rings is 1. The molecular formula is C32H20FN7OS. The minimum Gasteiger partial charge on any atom is -0.298 e. The summed E-state index contributed by atoms with van der Waals surface area (Å²) in [5, 5.41) is 5.56. The van der Waals surface area contributed by atoms with E-state index < -0.39 is 0 Å². The van der Waals surface area contributed by atoms with Crippen molar-refractivity contribution in [2.75, 3.05) is 0 Å². The maximum Gasteiger partial charge on any atom is 0.187 e. The van der Waals surface area contributed by atoms with Gasteiger partial charge in [-0.25, -0.2) is 28.7 Å². The molecule has 0 fully saturated rings. The maximum atomic E-state index is 13.6. The van der Waals surface area contributed by atoms with Crippen molar-refractivity contribution in [2.45, 2.75) is 13.3 Å². The first-order valence-electron chi connectivity index (χ1n) is 13.0. The lowest BCUT2D eigenvalue weighted by Gasteiger charge is -2.05. The number of halogens is 1. The summed E-state index contributed by atoms with van der Waals surface area (Å²) < 4.78 is 17.3. The largest absolute Gasteiger partial charge is 0.298 e. The number of carbonyl (C=O) groups excluding carboxylic acids is 1. The molecule has 0 atom stereocenters. The molecule has 7 rings (SSSR count). The highest BCUT2D eigenvalue weighted by molar-refractivity contribution is 7.17. The van der Waals surface area contributed by atoms with Gasteiger partial charge >= 0.3 is 0 Å². The number of aryl methyl sites for hydroxylation is 1. The molecule has 0 N–H and O–H groups in total. The average Bonchev–Trinajstić information content (AvgIpc) is 3.71. The third-order valence-electron chi connectivity index (χ3n) is 6.90. The van der Waals surface area contributed by atoms with E-state index in [1.54, 1.807) is 35.0 Å². The predicted molar refractivity (Wildman–Crippen MR) is 159 cm³/mol. The van der Waals surface area contributed by atoms with Crippen molar-refractivity contribution in [3.63, 3.8) is 0 Å². The van der Waals surface area contributed by atoms with Crippen LogP contribution in [0.2, 0.25) is 0 Å². The zero-order valence-electron chi connectivity index (χ0n) is 22.2. The number of benzene rings is 2. The van der Waals surface area contributed by atoms with E-state index in [-0.39, 0.29) is 18.0 Å². The molecule has 202 valence electrons. The highest BCUT2D eigenvalue weighted by Gasteiger charge is 2.20. The van der Waals surface area contributed by atoms with E-state index in [1.165, 1.54) is 23.5 Å². The number of hydrogen-bond acceptors (Lipinski definition) is 6. The second-order valence-corrected chi connectivity index (χ2v) is 10.7. The molecule has 42 heavy (non-hydrogen) atoms. The minimum atomic E-state index is -0.316. The van der Waals surface area contributed by atoms with Crippen molar-refractivity contribution in [2.24, 2.45) is 0 Å². The summed E-state index contributed by atoms with van der Waals surface area (Å²) in [4.78, 5) is 31.3. The monoisotopic (exact) mass is 569 g/mol. The van der Waals surface area contributed by atoms with Gasteiger partial charge in [0.05, 0.1) is 41.1 Å². The molecule has 0 saturated carbocycles. The Morgan fingerprint density at radius 3 is 2.50 bits per heavy atom. The van der Waals surface area contributed by atoms with E-state index in [4.69, 9.17) is 16.7 Å². The molecular weight excluding hydrogens is 549 g/mol. The standard InChI is InChI=1S/C32H20FN7OS/c1-19-31(42-32(35-19)21-8-12-23(34-2)13-9-21)26(41)17-24-18-40-28(36-24)15-14-25(38-40)30-29(20-6-10-22(33)11-7-20)37-27-5-3-4-16-39(27)30/h3-16,18H,17H2,1H3. The van der Waals surface area contributed by atoms with Gasteiger partial charge in [0.15, 0.2) is 17.1 Å². The van der Waals surface area contributed by atoms with Gasteiger partial charge in [-0.2, -0.15) is 5.10 Å². The fraction of sp³-hybridized carbons (Fsp3) is 0.0625. The SMILES string of the molecule is [C-]#[N+]c1ccc(-c2nc(C)c(C(=O)Cc3cn4nc(-c5c(-c6ccc(F)cc6)nc6ccccn56)ccc4n3)s2)cc1. The van der Waals surface area contributed by atoms with Gasteiger partial charge in [-0.3, -0.25) is 9.20 Å². The molecule has 0 bridgehead atoms. The quantitative estimate of drug-likeness (QED) is 0.156. The van der Waals surface area contributed by atoms with Crippen LogP contribution in [0.3, 0.4) is 0 Å². The Hall–Kier alpha value is -5.53. The second-order valence-electron chi connectivity index (χ2n) is 9.69. The molecule has 0 aliphatic rings. The van der Waals surface area contributed by atoms with Crippen LogP contribution in [0.5, 0.6) is 0 Å². The number of ketones is 1. The van der Waals surface area contributed by atoms with Gasteiger partial charge in [0, 0.05) is 17.3 Å². The average molecular weight is 570 g/mol. The Labute approximate surface area is 243 Å². The highest BCUT2D eigenvalue weighted by Crippen LogP contribution is 2.33. The third-order valence-corrected chi connectivity index (χ3v) is 8.14. The summed E-state index contributed by atoms with van der Waals surface area (Å²) in [5.74, 6) is -0.387. The van der Waals surface area contributed by atoms with Gasteiger partial charge in [-0.05, 0) is 55.5 Å². The number of pyridine rings is 1. The molecule has 0 amide bonds. The molecule has 2 aromatic carbocycles. The van der Waals surface area contributed by atoms with Crippen molar-refractivity contribution in [3.8, 4) is 33.2 Å². The molecule has 10 heteroatoms. The predicted octanol–water partition coefficient (Wildman–Crippen LogP) is 7.26. The number of carbonyl (C=O) groups is 1. The molecule has 5 heterocycles. The number of rotatable bonds is 6. The minimum absolute atomic E-state index is 0.0713. The van der Waals surface area contributed by atoms with Crippen LogP contribution in [0.15, 0.2) is 91.3 Å². The fourth-order valence-corrected chi connectivity index (χ4v) is 5.90. The van der Waals surface area contributed by atoms with Crippen molar-refractivity contribution in [1.29, 1.82) is 0 Å². The number of nitrogens with zero attached hydrogens (tertiary/aromatic N) is 7. The Balaban J connectivity index is 1.21. The van der Waals surface area contributed by atoms with E-state index in [0.717, 1.165) is 27.5 Å². The van der Waals surface area contributed by atoms with Gasteiger partial charge in [-0.1, -0.05) is 30.3 Å².